The summed E-state index contributed by atoms with van der Waals surface area (Å²) in [7, 11) is 0. The first kappa shape index (κ1) is 28.1. The van der Waals surface area contributed by atoms with E-state index in [9.17, 15) is 0 Å². The van der Waals surface area contributed by atoms with Crippen LogP contribution >= 0.6 is 0 Å². The summed E-state index contributed by atoms with van der Waals surface area (Å²) in [4.78, 5) is 0. The van der Waals surface area contributed by atoms with Crippen molar-refractivity contribution in [3.8, 4) is 0 Å². The Labute approximate surface area is 242 Å². The zero-order chi connectivity index (χ0) is 29.4. The van der Waals surface area contributed by atoms with Crippen molar-refractivity contribution in [1.29, 1.82) is 0 Å². The van der Waals surface area contributed by atoms with Crippen LogP contribution in [0.3, 0.4) is 0 Å². The molecule has 0 saturated heterocycles. The largest absolute Gasteiger partial charge is 0.0609 e. The van der Waals surface area contributed by atoms with Gasteiger partial charge < -0.3 is 0 Å². The number of rotatable bonds is 0. The predicted octanol–water partition coefficient (Wildman–Crippen LogP) is 11.3. The van der Waals surface area contributed by atoms with E-state index in [0.717, 1.165) is 21.5 Å². The third kappa shape index (κ3) is 5.18. The molecule has 0 unspecified atom stereocenters. The first-order chi connectivity index (χ1) is 18.3. The molecule has 0 spiro atoms. The Bertz CT molecular complexity index is 1540. The Balaban J connectivity index is 2.05. The zero-order valence-electron chi connectivity index (χ0n) is 26.6. The molecule has 0 radical (unpaired) electrons. The van der Waals surface area contributed by atoms with Crippen molar-refractivity contribution in [3.63, 3.8) is 0 Å². The molecular weight excluding hydrogens is 480 g/mol. The molecule has 0 fully saturated rings. The molecule has 0 atom stereocenters. The van der Waals surface area contributed by atoms with Crippen LogP contribution < -0.4 is 0 Å². The van der Waals surface area contributed by atoms with Crippen molar-refractivity contribution in [3.05, 3.63) is 95.1 Å². The number of hydrogen-bond donors (Lipinski definition) is 0. The SMILES string of the molecule is CC(C)(C)c1cc2c#cc3cc(C(C)(C)C)cc4cc(C(C)(C)C)cc(c#cc5cc(C(C)(C)C)cc(c1)c25)c34. The summed E-state index contributed by atoms with van der Waals surface area (Å²) in [5, 5.41) is 9.05. The summed E-state index contributed by atoms with van der Waals surface area (Å²) in [6.45, 7) is 27.4. The molecule has 0 heteroatoms. The molecule has 0 aromatic heterocycles. The van der Waals surface area contributed by atoms with E-state index in [0.29, 0.717) is 0 Å². The minimum atomic E-state index is 0.0145. The van der Waals surface area contributed by atoms with Crippen LogP contribution in [0.4, 0.5) is 0 Å². The molecule has 0 bridgehead atoms. The van der Waals surface area contributed by atoms with Gasteiger partial charge in [-0.25, -0.2) is 0 Å². The lowest BCUT2D eigenvalue weighted by Crippen LogP contribution is -2.12. The molecule has 0 nitrogen and oxygen atoms in total. The Morgan fingerprint density at radius 2 is 0.525 bits per heavy atom. The molecule has 5 aromatic rings. The molecule has 0 N–H and O–H groups in total. The minimum absolute atomic E-state index is 0.0145. The molecule has 5 aromatic carbocycles. The van der Waals surface area contributed by atoms with Crippen molar-refractivity contribution in [1.82, 2.24) is 0 Å². The van der Waals surface area contributed by atoms with Gasteiger partial charge in [0.15, 0.2) is 0 Å². The zero-order valence-corrected chi connectivity index (χ0v) is 26.6. The molecular formula is C40H44. The van der Waals surface area contributed by atoms with E-state index in [1.165, 1.54) is 43.8 Å². The van der Waals surface area contributed by atoms with Crippen LogP contribution in [0.2, 0.25) is 0 Å². The fourth-order valence-electron chi connectivity index (χ4n) is 5.43. The Hall–Kier alpha value is -3.48. The predicted molar refractivity (Wildman–Crippen MR) is 175 cm³/mol. The number of benzene rings is 4. The maximum absolute atomic E-state index is 3.67. The molecule has 0 saturated carbocycles. The highest BCUT2D eigenvalue weighted by Crippen LogP contribution is 2.37. The summed E-state index contributed by atoms with van der Waals surface area (Å²) in [6, 6.07) is 33.3. The molecule has 204 valence electrons. The standard InChI is InChI=1S/C40H44/c1-37(2,3)31-17-25-13-14-27-19-33(39(7,8)9)23-30-24-34(40(10,11)12)20-28(36(27)30)16-15-26-18-32(38(4,5)6)22-29(21-31)35(25)26/h17-24H,1-12H3. The van der Waals surface area contributed by atoms with E-state index in [1.807, 2.05) is 0 Å². The van der Waals surface area contributed by atoms with Gasteiger partial charge in [0, 0.05) is 32.3 Å². The second-order valence-electron chi connectivity index (χ2n) is 15.8. The van der Waals surface area contributed by atoms with Crippen LogP contribution in [0.1, 0.15) is 105 Å². The van der Waals surface area contributed by atoms with Crippen LogP contribution in [-0.4, -0.2) is 0 Å². The van der Waals surface area contributed by atoms with Crippen molar-refractivity contribution in [2.75, 3.05) is 0 Å². The maximum Gasteiger partial charge on any atom is 0.0343 e. The smallest absolute Gasteiger partial charge is 0.0343 e. The highest BCUT2D eigenvalue weighted by molar-refractivity contribution is 6.11. The topological polar surface area (TPSA) is 0 Å². The Kier molecular flexibility index (Phi) is 6.32. The third-order valence-electron chi connectivity index (χ3n) is 8.23. The van der Waals surface area contributed by atoms with Crippen LogP contribution in [0.15, 0.2) is 48.5 Å². The Morgan fingerprint density at radius 1 is 0.325 bits per heavy atom. The minimum Gasteiger partial charge on any atom is -0.0609 e. The monoisotopic (exact) mass is 524 g/mol. The van der Waals surface area contributed by atoms with Crippen LogP contribution in [0.5, 0.6) is 0 Å². The van der Waals surface area contributed by atoms with Gasteiger partial charge in [-0.2, -0.15) is 0 Å². The highest BCUT2D eigenvalue weighted by atomic mass is 14.2. The van der Waals surface area contributed by atoms with E-state index in [-0.39, 0.29) is 21.7 Å². The van der Waals surface area contributed by atoms with Crippen LogP contribution in [0, 0.1) is 24.3 Å². The second kappa shape index (κ2) is 9.02. The van der Waals surface area contributed by atoms with Crippen molar-refractivity contribution >= 4 is 43.1 Å². The van der Waals surface area contributed by atoms with E-state index in [1.54, 1.807) is 0 Å². The fraction of sp³-hybridized carbons (Fsp3) is 0.400. The van der Waals surface area contributed by atoms with Gasteiger partial charge in [0.05, 0.1) is 0 Å². The third-order valence-corrected chi connectivity index (χ3v) is 8.23. The van der Waals surface area contributed by atoms with E-state index < -0.39 is 0 Å². The van der Waals surface area contributed by atoms with E-state index in [4.69, 9.17) is 0 Å². The van der Waals surface area contributed by atoms with Gasteiger partial charge in [-0.1, -0.05) is 132 Å². The van der Waals surface area contributed by atoms with Gasteiger partial charge >= 0.3 is 0 Å². The van der Waals surface area contributed by atoms with Crippen LogP contribution in [-0.2, 0) is 21.7 Å². The lowest BCUT2D eigenvalue weighted by Gasteiger charge is -2.23. The lowest BCUT2D eigenvalue weighted by molar-refractivity contribution is 0.589. The van der Waals surface area contributed by atoms with Crippen LogP contribution in [0.25, 0.3) is 43.1 Å². The molecule has 0 aliphatic rings. The lowest BCUT2D eigenvalue weighted by atomic mass is 9.81. The van der Waals surface area contributed by atoms with Gasteiger partial charge in [-0.3, -0.25) is 0 Å². The number of hydrogen-bond acceptors (Lipinski definition) is 0. The second-order valence-corrected chi connectivity index (χ2v) is 15.8. The summed E-state index contributed by atoms with van der Waals surface area (Å²) >= 11 is 0. The van der Waals surface area contributed by atoms with E-state index in [2.05, 4.69) is 156 Å². The Morgan fingerprint density at radius 3 is 0.700 bits per heavy atom. The van der Waals surface area contributed by atoms with Gasteiger partial charge in [-0.15, -0.1) is 0 Å². The van der Waals surface area contributed by atoms with Gasteiger partial charge in [0.25, 0.3) is 0 Å². The van der Waals surface area contributed by atoms with Gasteiger partial charge in [-0.05, 0) is 79.0 Å². The first-order valence-electron chi connectivity index (χ1n) is 14.6. The van der Waals surface area contributed by atoms with Gasteiger partial charge in [0.2, 0.25) is 0 Å². The van der Waals surface area contributed by atoms with Crippen molar-refractivity contribution in [2.45, 2.75) is 105 Å². The molecule has 40 heavy (non-hydrogen) atoms. The van der Waals surface area contributed by atoms with Crippen molar-refractivity contribution < 1.29 is 0 Å². The average Bonchev–Trinajstić information content (AvgIpc) is 2.82. The molecule has 5 rings (SSSR count). The maximum atomic E-state index is 3.67. The van der Waals surface area contributed by atoms with Crippen molar-refractivity contribution in [2.24, 2.45) is 0 Å². The summed E-state index contributed by atoms with van der Waals surface area (Å²) < 4.78 is 0. The molecule has 0 amide bonds. The summed E-state index contributed by atoms with van der Waals surface area (Å²) in [6.07, 6.45) is 0. The highest BCUT2D eigenvalue weighted by Gasteiger charge is 2.21. The fourth-order valence-corrected chi connectivity index (χ4v) is 5.43. The average molecular weight is 525 g/mol. The summed E-state index contributed by atoms with van der Waals surface area (Å²) in [5.41, 5.74) is 5.26. The molecule has 0 heterocycles. The normalized spacial score (nSPS) is 13.1. The summed E-state index contributed by atoms with van der Waals surface area (Å²) in [5.74, 6) is 0. The quantitative estimate of drug-likeness (QED) is 0.189. The van der Waals surface area contributed by atoms with E-state index >= 15 is 0 Å². The van der Waals surface area contributed by atoms with Gasteiger partial charge in [0.1, 0.15) is 0 Å². The molecule has 0 aliphatic carbocycles. The first-order valence-corrected chi connectivity index (χ1v) is 14.6. The molecule has 0 aliphatic heterocycles.